The lowest BCUT2D eigenvalue weighted by molar-refractivity contribution is 0.252. The number of aromatic nitrogens is 1. The molecule has 108 valence electrons. The molecule has 0 aliphatic carbocycles. The molecule has 0 unspecified atom stereocenters. The molecule has 0 aliphatic heterocycles. The van der Waals surface area contributed by atoms with Gasteiger partial charge < -0.3 is 0 Å². The van der Waals surface area contributed by atoms with E-state index in [2.05, 4.69) is 23.6 Å². The minimum Gasteiger partial charge on any atom is -0.242 e. The van der Waals surface area contributed by atoms with E-state index in [0.717, 1.165) is 0 Å². The van der Waals surface area contributed by atoms with Gasteiger partial charge in [0.25, 0.3) is 0 Å². The molecular weight excluding hydrogens is 307 g/mol. The summed E-state index contributed by atoms with van der Waals surface area (Å²) in [6, 6.07) is 1.29. The van der Waals surface area contributed by atoms with Crippen molar-refractivity contribution >= 4 is 33.2 Å². The zero-order chi connectivity index (χ0) is 14.8. The summed E-state index contributed by atoms with van der Waals surface area (Å²) in [4.78, 5) is 3.75. The van der Waals surface area contributed by atoms with E-state index in [1.807, 2.05) is 13.8 Å². The Kier molecular flexibility index (Phi) is 5.23. The molecule has 0 radical (unpaired) electrons. The van der Waals surface area contributed by atoms with Crippen molar-refractivity contribution in [2.24, 2.45) is 11.3 Å². The minimum absolute atomic E-state index is 0.0152. The Balaban J connectivity index is 2.90. The largest absolute Gasteiger partial charge is 0.242 e. The topological polar surface area (TPSA) is 59.1 Å². The van der Waals surface area contributed by atoms with Crippen molar-refractivity contribution in [3.8, 4) is 0 Å². The highest BCUT2D eigenvalue weighted by atomic mass is 35.5. The zero-order valence-electron chi connectivity index (χ0n) is 11.4. The Morgan fingerprint density at radius 2 is 1.95 bits per heavy atom. The number of hydrogen-bond donors (Lipinski definition) is 1. The smallest absolute Gasteiger partial charge is 0.242 e. The SMILES string of the molecule is CC(C)C(C)(C)CNS(=O)(=O)c1cnc(Cl)c(Cl)c1. The standard InChI is InChI=1S/C12H18Cl2N2O2S/c1-8(2)12(3,4)7-16-19(17,18)9-5-10(13)11(14)15-6-9/h5-6,8,16H,7H2,1-4H3. The van der Waals surface area contributed by atoms with E-state index in [1.165, 1.54) is 12.3 Å². The van der Waals surface area contributed by atoms with Crippen molar-refractivity contribution < 1.29 is 8.42 Å². The van der Waals surface area contributed by atoms with Crippen LogP contribution < -0.4 is 4.72 Å². The summed E-state index contributed by atoms with van der Waals surface area (Å²) in [5, 5.41) is 0.204. The Morgan fingerprint density at radius 3 is 2.42 bits per heavy atom. The van der Waals surface area contributed by atoms with Gasteiger partial charge in [0, 0.05) is 12.7 Å². The zero-order valence-corrected chi connectivity index (χ0v) is 13.7. The molecule has 1 aromatic rings. The van der Waals surface area contributed by atoms with Gasteiger partial charge in [0.2, 0.25) is 10.0 Å². The van der Waals surface area contributed by atoms with Crippen LogP contribution in [0.5, 0.6) is 0 Å². The van der Waals surface area contributed by atoms with E-state index in [9.17, 15) is 8.42 Å². The van der Waals surface area contributed by atoms with E-state index in [4.69, 9.17) is 23.2 Å². The van der Waals surface area contributed by atoms with Crippen molar-refractivity contribution in [1.82, 2.24) is 9.71 Å². The van der Waals surface area contributed by atoms with Gasteiger partial charge in [0.1, 0.15) is 10.0 Å². The fraction of sp³-hybridized carbons (Fsp3) is 0.583. The molecule has 1 heterocycles. The van der Waals surface area contributed by atoms with Gasteiger partial charge in [-0.25, -0.2) is 18.1 Å². The van der Waals surface area contributed by atoms with Crippen LogP contribution >= 0.6 is 23.2 Å². The predicted molar refractivity (Wildman–Crippen MR) is 78.1 cm³/mol. The van der Waals surface area contributed by atoms with Gasteiger partial charge in [-0.3, -0.25) is 0 Å². The van der Waals surface area contributed by atoms with E-state index < -0.39 is 10.0 Å². The van der Waals surface area contributed by atoms with E-state index in [1.54, 1.807) is 0 Å². The average Bonchev–Trinajstić information content (AvgIpc) is 2.30. The minimum atomic E-state index is -3.62. The fourth-order valence-electron chi connectivity index (χ4n) is 1.12. The van der Waals surface area contributed by atoms with Crippen LogP contribution in [0.4, 0.5) is 0 Å². The molecule has 1 aromatic heterocycles. The molecule has 4 nitrogen and oxygen atoms in total. The Bertz CT molecular complexity index is 557. The summed E-state index contributed by atoms with van der Waals surface area (Å²) < 4.78 is 26.8. The van der Waals surface area contributed by atoms with Gasteiger partial charge in [-0.15, -0.1) is 0 Å². The van der Waals surface area contributed by atoms with Gasteiger partial charge >= 0.3 is 0 Å². The third-order valence-corrected chi connectivity index (χ3v) is 5.42. The summed E-state index contributed by atoms with van der Waals surface area (Å²) in [6.07, 6.45) is 1.19. The highest BCUT2D eigenvalue weighted by Gasteiger charge is 2.25. The number of halogens is 2. The van der Waals surface area contributed by atoms with Gasteiger partial charge in [-0.1, -0.05) is 50.9 Å². The second kappa shape index (κ2) is 5.95. The maximum absolute atomic E-state index is 12.1. The van der Waals surface area contributed by atoms with Crippen molar-refractivity contribution in [2.75, 3.05) is 6.54 Å². The van der Waals surface area contributed by atoms with Gasteiger partial charge in [0.15, 0.2) is 0 Å². The van der Waals surface area contributed by atoms with E-state index in [-0.39, 0.29) is 20.5 Å². The Labute approximate surface area is 124 Å². The molecule has 1 N–H and O–H groups in total. The van der Waals surface area contributed by atoms with Crippen molar-refractivity contribution in [3.05, 3.63) is 22.4 Å². The summed E-state index contributed by atoms with van der Waals surface area (Å²) in [6.45, 7) is 8.46. The van der Waals surface area contributed by atoms with Crippen molar-refractivity contribution in [2.45, 2.75) is 32.6 Å². The third kappa shape index (κ3) is 4.31. The molecule has 0 saturated carbocycles. The van der Waals surface area contributed by atoms with Gasteiger partial charge in [-0.05, 0) is 17.4 Å². The molecule has 1 rings (SSSR count). The first-order valence-electron chi connectivity index (χ1n) is 5.87. The predicted octanol–water partition coefficient (Wildman–Crippen LogP) is 3.35. The highest BCUT2D eigenvalue weighted by molar-refractivity contribution is 7.89. The lowest BCUT2D eigenvalue weighted by Gasteiger charge is -2.29. The van der Waals surface area contributed by atoms with Crippen LogP contribution in [0.1, 0.15) is 27.7 Å². The van der Waals surface area contributed by atoms with Crippen molar-refractivity contribution in [1.29, 1.82) is 0 Å². The molecule has 7 heteroatoms. The fourth-order valence-corrected chi connectivity index (χ4v) is 2.65. The number of sulfonamides is 1. The summed E-state index contributed by atoms with van der Waals surface area (Å²) >= 11 is 11.4. The van der Waals surface area contributed by atoms with Crippen LogP contribution in [0.3, 0.4) is 0 Å². The first-order chi connectivity index (χ1) is 8.56. The molecule has 19 heavy (non-hydrogen) atoms. The van der Waals surface area contributed by atoms with Gasteiger partial charge in [0.05, 0.1) is 5.02 Å². The molecule has 0 fully saturated rings. The lowest BCUT2D eigenvalue weighted by atomic mass is 9.81. The number of nitrogens with one attached hydrogen (secondary N) is 1. The number of rotatable bonds is 5. The monoisotopic (exact) mass is 324 g/mol. The number of pyridine rings is 1. The summed E-state index contributed by atoms with van der Waals surface area (Å²) in [5.74, 6) is 0.349. The summed E-state index contributed by atoms with van der Waals surface area (Å²) in [7, 11) is -3.62. The van der Waals surface area contributed by atoms with Crippen LogP contribution in [-0.4, -0.2) is 19.9 Å². The maximum atomic E-state index is 12.1. The second-order valence-corrected chi connectivity index (χ2v) is 7.94. The highest BCUT2D eigenvalue weighted by Crippen LogP contribution is 2.26. The lowest BCUT2D eigenvalue weighted by Crippen LogP contribution is -2.37. The first-order valence-corrected chi connectivity index (χ1v) is 8.11. The summed E-state index contributed by atoms with van der Waals surface area (Å²) in [5.41, 5.74) is -0.142. The molecule has 0 bridgehead atoms. The Morgan fingerprint density at radius 1 is 1.37 bits per heavy atom. The molecule has 0 atom stereocenters. The number of nitrogens with zero attached hydrogens (tertiary/aromatic N) is 1. The Hall–Kier alpha value is -0.360. The van der Waals surface area contributed by atoms with E-state index in [0.29, 0.717) is 12.5 Å². The van der Waals surface area contributed by atoms with E-state index >= 15 is 0 Å². The van der Waals surface area contributed by atoms with Crippen LogP contribution in [0.15, 0.2) is 17.2 Å². The first kappa shape index (κ1) is 16.7. The second-order valence-electron chi connectivity index (χ2n) is 5.41. The molecule has 0 amide bonds. The maximum Gasteiger partial charge on any atom is 0.242 e. The molecule has 0 saturated heterocycles. The van der Waals surface area contributed by atoms with Crippen LogP contribution in [-0.2, 0) is 10.0 Å². The number of hydrogen-bond acceptors (Lipinski definition) is 3. The normalized spacial score (nSPS) is 13.0. The molecular formula is C12H18Cl2N2O2S. The molecule has 0 aliphatic rings. The van der Waals surface area contributed by atoms with Crippen LogP contribution in [0.2, 0.25) is 10.2 Å². The van der Waals surface area contributed by atoms with Crippen LogP contribution in [0.25, 0.3) is 0 Å². The molecule has 0 spiro atoms. The average molecular weight is 325 g/mol. The van der Waals surface area contributed by atoms with Crippen LogP contribution in [0, 0.1) is 11.3 Å². The van der Waals surface area contributed by atoms with Crippen molar-refractivity contribution in [3.63, 3.8) is 0 Å². The molecule has 0 aromatic carbocycles. The van der Waals surface area contributed by atoms with Gasteiger partial charge in [-0.2, -0.15) is 0 Å². The quantitative estimate of drug-likeness (QED) is 0.845. The third-order valence-electron chi connectivity index (χ3n) is 3.36.